The zero-order valence-electron chi connectivity index (χ0n) is 8.47. The molecule has 1 rings (SSSR count). The molecular formula is C11H9BrF2O2. The average Bonchev–Trinajstić information content (AvgIpc) is 2.26. The largest absolute Gasteiger partial charge is 0.303 e. The number of ketones is 1. The van der Waals surface area contributed by atoms with Crippen molar-refractivity contribution in [3.8, 4) is 0 Å². The minimum atomic E-state index is -1.05. The van der Waals surface area contributed by atoms with Crippen molar-refractivity contribution in [3.63, 3.8) is 0 Å². The van der Waals surface area contributed by atoms with Crippen LogP contribution in [0.25, 0.3) is 0 Å². The van der Waals surface area contributed by atoms with Crippen LogP contribution >= 0.6 is 15.9 Å². The molecule has 1 aromatic rings. The molecule has 0 heterocycles. The molecule has 0 bridgehead atoms. The Morgan fingerprint density at radius 1 is 1.44 bits per heavy atom. The zero-order valence-corrected chi connectivity index (χ0v) is 10.1. The number of hydrogen-bond acceptors (Lipinski definition) is 2. The van der Waals surface area contributed by atoms with Crippen LogP contribution in [0.15, 0.2) is 12.1 Å². The summed E-state index contributed by atoms with van der Waals surface area (Å²) >= 11 is 2.95. The van der Waals surface area contributed by atoms with Gasteiger partial charge >= 0.3 is 0 Å². The SMILES string of the molecule is Cc1ccc(C(Br)C(=O)CC=O)c(F)c1F. The minimum Gasteiger partial charge on any atom is -0.303 e. The van der Waals surface area contributed by atoms with Gasteiger partial charge in [-0.25, -0.2) is 8.78 Å². The van der Waals surface area contributed by atoms with E-state index in [0.717, 1.165) is 0 Å². The number of benzene rings is 1. The molecule has 1 unspecified atom stereocenters. The quantitative estimate of drug-likeness (QED) is 0.485. The number of rotatable bonds is 4. The van der Waals surface area contributed by atoms with Gasteiger partial charge in [-0.1, -0.05) is 28.1 Å². The maximum atomic E-state index is 13.5. The molecule has 0 N–H and O–H groups in total. The summed E-state index contributed by atoms with van der Waals surface area (Å²) in [7, 11) is 0. The highest BCUT2D eigenvalue weighted by molar-refractivity contribution is 9.09. The van der Waals surface area contributed by atoms with E-state index in [1.165, 1.54) is 19.1 Å². The Balaban J connectivity index is 3.09. The second-order valence-corrected chi connectivity index (χ2v) is 4.21. The van der Waals surface area contributed by atoms with E-state index in [9.17, 15) is 18.4 Å². The number of carbonyl (C=O) groups excluding carboxylic acids is 2. The fourth-order valence-electron chi connectivity index (χ4n) is 1.22. The zero-order chi connectivity index (χ0) is 12.3. The summed E-state index contributed by atoms with van der Waals surface area (Å²) in [5.74, 6) is -2.53. The van der Waals surface area contributed by atoms with Gasteiger partial charge in [-0.2, -0.15) is 0 Å². The molecule has 0 aliphatic heterocycles. The van der Waals surface area contributed by atoms with Gasteiger partial charge in [0, 0.05) is 5.56 Å². The molecule has 0 aromatic heterocycles. The second kappa shape index (κ2) is 5.30. The first-order valence-electron chi connectivity index (χ1n) is 4.54. The van der Waals surface area contributed by atoms with Crippen molar-refractivity contribution >= 4 is 28.0 Å². The third-order valence-electron chi connectivity index (χ3n) is 2.15. The lowest BCUT2D eigenvalue weighted by molar-refractivity contribution is -0.121. The van der Waals surface area contributed by atoms with Gasteiger partial charge in [0.1, 0.15) is 11.1 Å². The highest BCUT2D eigenvalue weighted by Gasteiger charge is 2.22. The van der Waals surface area contributed by atoms with Crippen LogP contribution in [0.4, 0.5) is 8.78 Å². The first-order chi connectivity index (χ1) is 7.49. The van der Waals surface area contributed by atoms with E-state index in [1.54, 1.807) is 0 Å². The number of carbonyl (C=O) groups is 2. The van der Waals surface area contributed by atoms with Crippen LogP contribution in [0.2, 0.25) is 0 Å². The molecular weight excluding hydrogens is 282 g/mol. The van der Waals surface area contributed by atoms with Gasteiger partial charge in [0.15, 0.2) is 17.4 Å². The highest BCUT2D eigenvalue weighted by Crippen LogP contribution is 2.29. The van der Waals surface area contributed by atoms with E-state index in [4.69, 9.17) is 0 Å². The summed E-state index contributed by atoms with van der Waals surface area (Å²) in [4.78, 5) is 20.5. The molecule has 0 aliphatic carbocycles. The normalized spacial score (nSPS) is 12.2. The Bertz CT molecular complexity index is 432. The maximum Gasteiger partial charge on any atom is 0.163 e. The van der Waals surface area contributed by atoms with E-state index in [-0.39, 0.29) is 17.5 Å². The topological polar surface area (TPSA) is 34.1 Å². The number of Topliss-reactive ketones (excluding diaryl/α,β-unsaturated/α-hetero) is 1. The van der Waals surface area contributed by atoms with Gasteiger partial charge in [-0.15, -0.1) is 0 Å². The second-order valence-electron chi connectivity index (χ2n) is 3.30. The molecule has 2 nitrogen and oxygen atoms in total. The lowest BCUT2D eigenvalue weighted by Gasteiger charge is -2.10. The molecule has 0 amide bonds. The minimum absolute atomic E-state index is 0.0880. The smallest absolute Gasteiger partial charge is 0.163 e. The number of hydrogen-bond donors (Lipinski definition) is 0. The van der Waals surface area contributed by atoms with E-state index >= 15 is 0 Å². The third-order valence-corrected chi connectivity index (χ3v) is 3.15. The Hall–Kier alpha value is -1.10. The van der Waals surface area contributed by atoms with Gasteiger partial charge in [-0.05, 0) is 12.5 Å². The van der Waals surface area contributed by atoms with Crippen molar-refractivity contribution in [2.24, 2.45) is 0 Å². The van der Waals surface area contributed by atoms with Gasteiger partial charge in [0.25, 0.3) is 0 Å². The molecule has 0 aliphatic rings. The molecule has 0 saturated carbocycles. The van der Waals surface area contributed by atoms with Gasteiger partial charge in [-0.3, -0.25) is 4.79 Å². The molecule has 1 atom stereocenters. The Labute approximate surface area is 99.8 Å². The predicted molar refractivity (Wildman–Crippen MR) is 58.5 cm³/mol. The molecule has 86 valence electrons. The van der Waals surface area contributed by atoms with Crippen LogP contribution in [0.3, 0.4) is 0 Å². The first kappa shape index (κ1) is 13.0. The molecule has 0 spiro atoms. The van der Waals surface area contributed by atoms with Gasteiger partial charge in [0.2, 0.25) is 0 Å². The maximum absolute atomic E-state index is 13.5. The predicted octanol–water partition coefficient (Wildman–Crippen LogP) is 2.87. The molecule has 16 heavy (non-hydrogen) atoms. The lowest BCUT2D eigenvalue weighted by Crippen LogP contribution is -2.10. The van der Waals surface area contributed by atoms with Gasteiger partial charge < -0.3 is 4.79 Å². The molecule has 0 fully saturated rings. The highest BCUT2D eigenvalue weighted by atomic mass is 79.9. The molecule has 0 radical (unpaired) electrons. The Morgan fingerprint density at radius 3 is 2.62 bits per heavy atom. The van der Waals surface area contributed by atoms with Crippen molar-refractivity contribution in [2.75, 3.05) is 0 Å². The average molecular weight is 291 g/mol. The van der Waals surface area contributed by atoms with Crippen molar-refractivity contribution < 1.29 is 18.4 Å². The van der Waals surface area contributed by atoms with E-state index in [1.807, 2.05) is 0 Å². The number of halogens is 3. The summed E-state index contributed by atoms with van der Waals surface area (Å²) < 4.78 is 26.7. The van der Waals surface area contributed by atoms with Crippen molar-refractivity contribution in [2.45, 2.75) is 18.2 Å². The Kier molecular flexibility index (Phi) is 4.29. The van der Waals surface area contributed by atoms with E-state index in [0.29, 0.717) is 6.29 Å². The first-order valence-corrected chi connectivity index (χ1v) is 5.45. The van der Waals surface area contributed by atoms with Crippen LogP contribution in [0.1, 0.15) is 22.4 Å². The third kappa shape index (κ3) is 2.52. The summed E-state index contributed by atoms with van der Waals surface area (Å²) in [5, 5.41) is 0. The molecule has 1 aromatic carbocycles. The lowest BCUT2D eigenvalue weighted by atomic mass is 10.0. The van der Waals surface area contributed by atoms with Crippen LogP contribution in [-0.2, 0) is 9.59 Å². The summed E-state index contributed by atoms with van der Waals surface area (Å²) in [6.07, 6.45) is 0.101. The van der Waals surface area contributed by atoms with E-state index < -0.39 is 22.2 Å². The van der Waals surface area contributed by atoms with Crippen LogP contribution in [0.5, 0.6) is 0 Å². The monoisotopic (exact) mass is 290 g/mol. The summed E-state index contributed by atoms with van der Waals surface area (Å²) in [6.45, 7) is 1.43. The number of alkyl halides is 1. The van der Waals surface area contributed by atoms with Crippen molar-refractivity contribution in [1.29, 1.82) is 0 Å². The standard InChI is InChI=1S/C11H9BrF2O2/c1-6-2-3-7(11(14)10(6)13)9(12)8(16)4-5-15/h2-3,5,9H,4H2,1H3. The van der Waals surface area contributed by atoms with Crippen molar-refractivity contribution in [1.82, 2.24) is 0 Å². The van der Waals surface area contributed by atoms with Crippen LogP contribution < -0.4 is 0 Å². The Morgan fingerprint density at radius 2 is 2.06 bits per heavy atom. The van der Waals surface area contributed by atoms with Crippen molar-refractivity contribution in [3.05, 3.63) is 34.9 Å². The fraction of sp³-hybridized carbons (Fsp3) is 0.273. The summed E-state index contributed by atoms with van der Waals surface area (Å²) in [5.41, 5.74) is 0.0822. The number of aryl methyl sites for hydroxylation is 1. The molecule has 5 heteroatoms. The summed E-state index contributed by atoms with van der Waals surface area (Å²) in [6, 6.07) is 2.71. The molecule has 0 saturated heterocycles. The fourth-order valence-corrected chi connectivity index (χ4v) is 1.76. The van der Waals surface area contributed by atoms with Gasteiger partial charge in [0.05, 0.1) is 6.42 Å². The van der Waals surface area contributed by atoms with Crippen LogP contribution in [-0.4, -0.2) is 12.1 Å². The number of aldehydes is 1. The van der Waals surface area contributed by atoms with E-state index in [2.05, 4.69) is 15.9 Å². The van der Waals surface area contributed by atoms with Crippen LogP contribution in [0, 0.1) is 18.6 Å².